The van der Waals surface area contributed by atoms with Crippen LogP contribution < -0.4 is 21.8 Å². The van der Waals surface area contributed by atoms with E-state index in [9.17, 15) is 67.4 Å². The van der Waals surface area contributed by atoms with Crippen molar-refractivity contribution in [3.8, 4) is 28.6 Å². The second-order valence-electron chi connectivity index (χ2n) is 19.8. The number of carbonyl (C=O) groups excluding carboxylic acids is 4. The number of nitrogens with two attached hydrogens (primary N) is 2. The first-order chi connectivity index (χ1) is 35.7. The number of halogens is 1. The first-order valence-corrected chi connectivity index (χ1v) is 26.0. The van der Waals surface area contributed by atoms with Gasteiger partial charge in [0.2, 0.25) is 5.78 Å². The maximum absolute atomic E-state index is 14.7. The number of hydrogen-bond donors (Lipinski definition) is 9. The van der Waals surface area contributed by atoms with Crippen molar-refractivity contribution in [2.45, 2.75) is 120 Å². The molecule has 26 heteroatoms. The van der Waals surface area contributed by atoms with Crippen molar-refractivity contribution in [1.29, 1.82) is 0 Å². The molecular weight excluding hydrogens is 1050 g/mol. The number of phenolic OH excluding ortho intramolecular Hbond substituents is 2. The lowest BCUT2D eigenvalue weighted by molar-refractivity contribution is -0.247. The summed E-state index contributed by atoms with van der Waals surface area (Å²) < 4.78 is 64.2. The number of rotatable bonds is 6. The maximum atomic E-state index is 14.7. The molecule has 15 N–H and O–H groups in total. The Balaban J connectivity index is 0.000000206. The van der Waals surface area contributed by atoms with Gasteiger partial charge in [0.05, 0.1) is 77.4 Å². The van der Waals surface area contributed by atoms with Gasteiger partial charge < -0.3 is 76.6 Å². The minimum Gasteiger partial charge on any atom is -0.507 e. The van der Waals surface area contributed by atoms with Crippen LogP contribution in [0.2, 0.25) is 0 Å². The summed E-state index contributed by atoms with van der Waals surface area (Å²) in [6.45, 7) is 4.11. The molecule has 2 unspecified atom stereocenters. The van der Waals surface area contributed by atoms with Crippen LogP contribution in [-0.4, -0.2) is 138 Å². The van der Waals surface area contributed by atoms with E-state index in [2.05, 4.69) is 0 Å². The molecule has 0 saturated carbocycles. The fraction of sp³-hybridized carbons (Fsp3) is 0.423. The van der Waals surface area contributed by atoms with Gasteiger partial charge in [0, 0.05) is 70.6 Å². The van der Waals surface area contributed by atoms with Crippen molar-refractivity contribution in [3.63, 3.8) is 0 Å². The molecule has 5 aromatic rings. The molecule has 3 aromatic carbocycles. The topological polar surface area (TPSA) is 431 Å². The first-order valence-electron chi connectivity index (χ1n) is 24.2. The number of Topliss-reactive ketones (excluding diaryl/α,β-unsaturated/α-hetero) is 1. The van der Waals surface area contributed by atoms with Gasteiger partial charge in [0.15, 0.2) is 23.5 Å². The lowest BCUT2D eigenvalue weighted by Gasteiger charge is -2.42. The summed E-state index contributed by atoms with van der Waals surface area (Å²) in [4.78, 5) is 70.2. The van der Waals surface area contributed by atoms with Crippen molar-refractivity contribution < 1.29 is 97.1 Å². The predicted molar refractivity (Wildman–Crippen MR) is 271 cm³/mol. The average Bonchev–Trinajstić information content (AvgIpc) is 3.74. The second kappa shape index (κ2) is 21.2. The van der Waals surface area contributed by atoms with Gasteiger partial charge >= 0.3 is 5.97 Å². The van der Waals surface area contributed by atoms with Crippen molar-refractivity contribution in [1.82, 2.24) is 9.55 Å². The number of pyridine rings is 2. The number of fused-ring (bicyclic) bond motifs is 8. The van der Waals surface area contributed by atoms with Crippen LogP contribution in [0.15, 0.2) is 35.1 Å². The summed E-state index contributed by atoms with van der Waals surface area (Å²) in [5.74, 6) is -4.85. The highest BCUT2D eigenvalue weighted by atomic mass is 32.2. The van der Waals surface area contributed by atoms with E-state index in [1.54, 1.807) is 31.4 Å². The van der Waals surface area contributed by atoms with Crippen LogP contribution >= 0.6 is 0 Å². The van der Waals surface area contributed by atoms with Crippen molar-refractivity contribution in [3.05, 3.63) is 113 Å². The van der Waals surface area contributed by atoms with Gasteiger partial charge in [-0.2, -0.15) is 8.42 Å². The number of aliphatic hydroxyl groups is 4. The highest BCUT2D eigenvalue weighted by Gasteiger charge is 2.51. The number of ketones is 3. The van der Waals surface area contributed by atoms with Crippen LogP contribution in [0.5, 0.6) is 17.2 Å². The standard InChI is InChI=1S/C27H29NO11.C24H22FN3O4.CH4O3S.2H2O/c1-10-22(31)13(28)6-17(38-10)39-15-8-27(36,16(30)9-29)7-12-19(15)26(35)21-20(24(12)33)23(32)11-4-3-5-14(37-2)18(11)25(21)34;1-3-24(31)14-6-18-21-12(8-28(18)22(29)13(14)9-32-23(24)30)19-16(26)5-4-11-10(2)15(25)7-17(27-21)20(11)19;1-5(2,3)4;;/h3-5,10,13,15,17,22,29,31,33,35-36H,6-9,28H2,1-2H3;6-7,16,31H,3-5,8-9,26H2,1-2H3;1H3,(H,2,3,4);2*1H2/t10-,13-,15-,17-,22-,27-;;;;/m0..../s1. The SMILES string of the molecule is CCC1(O)C(=O)OCc2c1cc1n(c2=O)Cc2c-1nc1cc(F)c(C)c3c1c2C(N)CC3.COc1cccc2c1C(=O)c1c(O)c3c(c(O)c1C2=O)C[C@@](O)(C(=O)CO)C[C@@H]3O[C@H]1C[C@H](N)[C@@H](O)[C@H](C)O1.CS(=O)(=O)O.O.O. The van der Waals surface area contributed by atoms with Crippen LogP contribution in [0.25, 0.3) is 22.3 Å². The highest BCUT2D eigenvalue weighted by Crippen LogP contribution is 2.53. The van der Waals surface area contributed by atoms with Crippen molar-refractivity contribution in [2.24, 2.45) is 11.5 Å². The molecule has 24 nitrogen and oxygen atoms in total. The van der Waals surface area contributed by atoms with E-state index < -0.39 is 117 Å². The van der Waals surface area contributed by atoms with Crippen LogP contribution in [0.1, 0.15) is 128 Å². The van der Waals surface area contributed by atoms with E-state index in [1.807, 2.05) is 0 Å². The average molecular weight is 1110 g/mol. The van der Waals surface area contributed by atoms with Gasteiger partial charge in [-0.25, -0.2) is 14.2 Å². The molecule has 420 valence electrons. The third-order valence-corrected chi connectivity index (χ3v) is 15.2. The smallest absolute Gasteiger partial charge is 0.343 e. The number of aromatic nitrogens is 2. The molecule has 0 bridgehead atoms. The van der Waals surface area contributed by atoms with E-state index in [-0.39, 0.29) is 93.5 Å². The third-order valence-electron chi connectivity index (χ3n) is 15.2. The van der Waals surface area contributed by atoms with Gasteiger partial charge in [-0.1, -0.05) is 19.1 Å². The molecule has 3 aliphatic carbocycles. The fourth-order valence-electron chi connectivity index (χ4n) is 11.3. The molecular formula is C52H59FN4O20S. The normalized spacial score (nSPS) is 25.1. The molecule has 8 atom stereocenters. The second-order valence-corrected chi connectivity index (χ2v) is 21.3. The Morgan fingerprint density at radius 1 is 0.987 bits per heavy atom. The Morgan fingerprint density at radius 3 is 2.28 bits per heavy atom. The molecule has 1 fully saturated rings. The van der Waals surface area contributed by atoms with E-state index in [1.165, 1.54) is 31.4 Å². The molecule has 1 saturated heterocycles. The molecule has 5 heterocycles. The summed E-state index contributed by atoms with van der Waals surface area (Å²) in [6, 6.07) is 6.48. The monoisotopic (exact) mass is 1110 g/mol. The summed E-state index contributed by atoms with van der Waals surface area (Å²) in [6.07, 6.45) is -2.97. The Morgan fingerprint density at radius 2 is 1.65 bits per heavy atom. The first kappa shape index (κ1) is 59.0. The van der Waals surface area contributed by atoms with E-state index in [4.69, 9.17) is 40.0 Å². The number of nitrogens with zero attached hydrogens (tertiary/aromatic N) is 2. The third kappa shape index (κ3) is 9.53. The minimum atomic E-state index is -3.67. The van der Waals surface area contributed by atoms with Crippen LogP contribution in [0, 0.1) is 12.7 Å². The maximum Gasteiger partial charge on any atom is 0.343 e. The number of carbonyl (C=O) groups is 4. The number of aromatic hydroxyl groups is 2. The lowest BCUT2D eigenvalue weighted by Crippen LogP contribution is -2.53. The van der Waals surface area contributed by atoms with E-state index >= 15 is 0 Å². The van der Waals surface area contributed by atoms with Crippen LogP contribution in [-0.2, 0) is 65.5 Å². The largest absolute Gasteiger partial charge is 0.507 e. The molecule has 3 aliphatic heterocycles. The number of ether oxygens (including phenoxy) is 4. The number of benzene rings is 3. The summed E-state index contributed by atoms with van der Waals surface area (Å²) in [5.41, 5.74) is 12.1. The Kier molecular flexibility index (Phi) is 16.0. The van der Waals surface area contributed by atoms with Gasteiger partial charge in [-0.15, -0.1) is 0 Å². The van der Waals surface area contributed by atoms with Gasteiger partial charge in [0.25, 0.3) is 15.7 Å². The zero-order valence-corrected chi connectivity index (χ0v) is 43.5. The van der Waals surface area contributed by atoms with Crippen LogP contribution in [0.4, 0.5) is 4.39 Å². The number of aliphatic hydroxyl groups excluding tert-OH is 2. The van der Waals surface area contributed by atoms with Gasteiger partial charge in [-0.3, -0.25) is 23.7 Å². The lowest BCUT2D eigenvalue weighted by atomic mass is 9.72. The summed E-state index contributed by atoms with van der Waals surface area (Å²) in [5, 5.41) is 65.6. The number of hydrogen-bond acceptors (Lipinski definition) is 20. The fourth-order valence-corrected chi connectivity index (χ4v) is 11.3. The van der Waals surface area contributed by atoms with Crippen molar-refractivity contribution >= 4 is 44.3 Å². The number of cyclic esters (lactones) is 1. The van der Waals surface area contributed by atoms with Crippen LogP contribution in [0.3, 0.4) is 0 Å². The van der Waals surface area contributed by atoms with E-state index in [0.29, 0.717) is 41.6 Å². The van der Waals surface area contributed by atoms with Gasteiger partial charge in [0.1, 0.15) is 41.9 Å². The molecule has 11 rings (SSSR count). The van der Waals surface area contributed by atoms with E-state index in [0.717, 1.165) is 22.1 Å². The molecule has 2 aromatic heterocycles. The highest BCUT2D eigenvalue weighted by molar-refractivity contribution is 7.85. The molecule has 78 heavy (non-hydrogen) atoms. The molecule has 0 radical (unpaired) electrons. The number of methoxy groups -OCH3 is 1. The zero-order chi connectivity index (χ0) is 55.4. The predicted octanol–water partition coefficient (Wildman–Crippen LogP) is 0.329. The zero-order valence-electron chi connectivity index (χ0n) is 42.7. The Labute approximate surface area is 443 Å². The van der Waals surface area contributed by atoms with Gasteiger partial charge in [-0.05, 0) is 61.9 Å². The minimum absolute atomic E-state index is 0. The Hall–Kier alpha value is -6.66. The van der Waals surface area contributed by atoms with Crippen molar-refractivity contribution in [2.75, 3.05) is 20.0 Å². The molecule has 0 spiro atoms. The number of aryl methyl sites for hydroxylation is 1. The molecule has 0 amide bonds. The Bertz CT molecular complexity index is 3510. The number of phenols is 2. The summed E-state index contributed by atoms with van der Waals surface area (Å²) in [7, 11) is -2.34. The quantitative estimate of drug-likeness (QED) is 0.0615. The molecule has 6 aliphatic rings. The number of esters is 1. The summed E-state index contributed by atoms with van der Waals surface area (Å²) >= 11 is 0.